The van der Waals surface area contributed by atoms with E-state index in [9.17, 15) is 14.3 Å². The molecule has 0 radical (unpaired) electrons. The summed E-state index contributed by atoms with van der Waals surface area (Å²) in [7, 11) is 0. The second-order valence-corrected chi connectivity index (χ2v) is 6.63. The Morgan fingerprint density at radius 1 is 1.24 bits per heavy atom. The van der Waals surface area contributed by atoms with Crippen LogP contribution in [-0.2, 0) is 17.8 Å². The Bertz CT molecular complexity index is 1000. The van der Waals surface area contributed by atoms with Crippen LogP contribution in [0.3, 0.4) is 0 Å². The number of aromatic amines is 1. The summed E-state index contributed by atoms with van der Waals surface area (Å²) in [6, 6.07) is 10.7. The minimum absolute atomic E-state index is 0.00265. The van der Waals surface area contributed by atoms with Crippen LogP contribution >= 0.6 is 0 Å². The number of nitrogens with zero attached hydrogens (tertiary/aromatic N) is 2. The Balaban J connectivity index is 1.64. The molecule has 0 spiro atoms. The molecule has 2 heterocycles. The van der Waals surface area contributed by atoms with Gasteiger partial charge in [-0.15, -0.1) is 0 Å². The SMILES string of the molecule is O=C(/C=C/c1ccc(CN(CCO)CCc2ccc3cc[nH]c3n2)cc1F)NO. The fourth-order valence-electron chi connectivity index (χ4n) is 3.06. The van der Waals surface area contributed by atoms with Crippen LogP contribution in [0.25, 0.3) is 17.1 Å². The first-order valence-corrected chi connectivity index (χ1v) is 9.26. The summed E-state index contributed by atoms with van der Waals surface area (Å²) < 4.78 is 14.3. The van der Waals surface area contributed by atoms with Crippen molar-refractivity contribution in [2.45, 2.75) is 13.0 Å². The first-order valence-electron chi connectivity index (χ1n) is 9.26. The normalized spacial score (nSPS) is 11.6. The minimum atomic E-state index is -0.728. The summed E-state index contributed by atoms with van der Waals surface area (Å²) in [6.07, 6.45) is 4.89. The molecule has 7 nitrogen and oxygen atoms in total. The number of fused-ring (bicyclic) bond motifs is 1. The number of hydroxylamine groups is 1. The Hall–Kier alpha value is -3.07. The summed E-state index contributed by atoms with van der Waals surface area (Å²) in [4.78, 5) is 20.7. The maximum absolute atomic E-state index is 14.3. The molecule has 0 bridgehead atoms. The molecule has 1 amide bonds. The van der Waals surface area contributed by atoms with Gasteiger partial charge in [0.25, 0.3) is 5.91 Å². The molecule has 0 aliphatic heterocycles. The van der Waals surface area contributed by atoms with E-state index in [1.807, 2.05) is 29.3 Å². The second kappa shape index (κ2) is 9.92. The lowest BCUT2D eigenvalue weighted by Crippen LogP contribution is -2.29. The number of aliphatic hydroxyl groups excluding tert-OH is 1. The number of hydrogen-bond acceptors (Lipinski definition) is 5. The molecule has 1 aromatic carbocycles. The molecule has 0 aliphatic carbocycles. The standard InChI is InChI=1S/C21H23FN4O3/c22-19-13-15(1-2-16(19)4-6-20(28)25-29)14-26(11-12-27)10-8-18-5-3-17-7-9-23-21(17)24-18/h1-7,9,13,27,29H,8,10-12,14H2,(H,23,24)(H,25,28)/b6-4+. The van der Waals surface area contributed by atoms with E-state index in [0.717, 1.165) is 28.4 Å². The number of H-pyrrole nitrogens is 1. The molecule has 0 saturated heterocycles. The first-order chi connectivity index (χ1) is 14.1. The van der Waals surface area contributed by atoms with Crippen molar-refractivity contribution in [1.29, 1.82) is 0 Å². The lowest BCUT2D eigenvalue weighted by Gasteiger charge is -2.21. The third-order valence-electron chi connectivity index (χ3n) is 4.56. The van der Waals surface area contributed by atoms with Crippen molar-refractivity contribution in [3.8, 4) is 0 Å². The third kappa shape index (κ3) is 5.71. The zero-order chi connectivity index (χ0) is 20.6. The summed E-state index contributed by atoms with van der Waals surface area (Å²) in [5.74, 6) is -1.19. The van der Waals surface area contributed by atoms with E-state index in [2.05, 4.69) is 9.97 Å². The van der Waals surface area contributed by atoms with Gasteiger partial charge in [0.05, 0.1) is 6.61 Å². The van der Waals surface area contributed by atoms with E-state index in [1.54, 1.807) is 12.1 Å². The number of halogens is 1. The van der Waals surface area contributed by atoms with Crippen LogP contribution in [0.2, 0.25) is 0 Å². The summed E-state index contributed by atoms with van der Waals surface area (Å²) in [6.45, 7) is 1.61. The number of benzene rings is 1. The van der Waals surface area contributed by atoms with E-state index in [-0.39, 0.29) is 12.2 Å². The molecule has 8 heteroatoms. The van der Waals surface area contributed by atoms with Gasteiger partial charge in [0.2, 0.25) is 0 Å². The monoisotopic (exact) mass is 398 g/mol. The van der Waals surface area contributed by atoms with Crippen molar-refractivity contribution in [3.63, 3.8) is 0 Å². The van der Waals surface area contributed by atoms with Gasteiger partial charge in [-0.05, 0) is 35.9 Å². The maximum Gasteiger partial charge on any atom is 0.267 e. The van der Waals surface area contributed by atoms with E-state index in [1.165, 1.54) is 17.6 Å². The largest absolute Gasteiger partial charge is 0.395 e. The molecular weight excluding hydrogens is 375 g/mol. The maximum atomic E-state index is 14.3. The Kier molecular flexibility index (Phi) is 7.07. The van der Waals surface area contributed by atoms with Crippen LogP contribution in [0.5, 0.6) is 0 Å². The van der Waals surface area contributed by atoms with Crippen LogP contribution < -0.4 is 5.48 Å². The molecule has 3 rings (SSSR count). The number of nitrogens with one attached hydrogen (secondary N) is 2. The molecule has 0 atom stereocenters. The van der Waals surface area contributed by atoms with E-state index >= 15 is 0 Å². The lowest BCUT2D eigenvalue weighted by molar-refractivity contribution is -0.124. The minimum Gasteiger partial charge on any atom is -0.395 e. The Morgan fingerprint density at radius 3 is 2.86 bits per heavy atom. The molecule has 3 aromatic rings. The van der Waals surface area contributed by atoms with Gasteiger partial charge in [-0.2, -0.15) is 0 Å². The van der Waals surface area contributed by atoms with Gasteiger partial charge < -0.3 is 10.1 Å². The number of rotatable bonds is 9. The van der Waals surface area contributed by atoms with Crippen molar-refractivity contribution in [2.24, 2.45) is 0 Å². The molecule has 0 unspecified atom stereocenters. The fraction of sp³-hybridized carbons (Fsp3) is 0.238. The summed E-state index contributed by atoms with van der Waals surface area (Å²) in [5, 5.41) is 18.9. The van der Waals surface area contributed by atoms with Gasteiger partial charge >= 0.3 is 0 Å². The molecule has 0 saturated carbocycles. The molecular formula is C21H23FN4O3. The average Bonchev–Trinajstić information content (AvgIpc) is 3.19. The first kappa shape index (κ1) is 20.7. The number of amides is 1. The van der Waals surface area contributed by atoms with E-state index in [0.29, 0.717) is 26.1 Å². The molecule has 0 fully saturated rings. The van der Waals surface area contributed by atoms with Crippen molar-refractivity contribution in [1.82, 2.24) is 20.3 Å². The van der Waals surface area contributed by atoms with Crippen molar-refractivity contribution < 1.29 is 19.5 Å². The van der Waals surface area contributed by atoms with Crippen LogP contribution in [0.4, 0.5) is 4.39 Å². The third-order valence-corrected chi connectivity index (χ3v) is 4.56. The smallest absolute Gasteiger partial charge is 0.267 e. The molecule has 4 N–H and O–H groups in total. The highest BCUT2D eigenvalue weighted by Gasteiger charge is 2.09. The highest BCUT2D eigenvalue weighted by atomic mass is 19.1. The van der Waals surface area contributed by atoms with Crippen molar-refractivity contribution >= 4 is 23.0 Å². The Labute approximate surface area is 167 Å². The molecule has 2 aromatic heterocycles. The quantitative estimate of drug-likeness (QED) is 0.252. The van der Waals surface area contributed by atoms with E-state index < -0.39 is 11.7 Å². The Morgan fingerprint density at radius 2 is 2.10 bits per heavy atom. The second-order valence-electron chi connectivity index (χ2n) is 6.63. The summed E-state index contributed by atoms with van der Waals surface area (Å²) >= 11 is 0. The molecule has 0 aliphatic rings. The fourth-order valence-corrected chi connectivity index (χ4v) is 3.06. The van der Waals surface area contributed by atoms with Gasteiger partial charge in [0.15, 0.2) is 0 Å². The van der Waals surface area contributed by atoms with Gasteiger partial charge in [-0.1, -0.05) is 12.1 Å². The molecule has 29 heavy (non-hydrogen) atoms. The number of hydrogen-bond donors (Lipinski definition) is 4. The van der Waals surface area contributed by atoms with Crippen molar-refractivity contribution in [3.05, 3.63) is 71.3 Å². The zero-order valence-electron chi connectivity index (χ0n) is 15.8. The number of pyridine rings is 1. The zero-order valence-corrected chi connectivity index (χ0v) is 15.8. The number of carbonyl (C=O) groups excluding carboxylic acids is 1. The predicted molar refractivity (Wildman–Crippen MR) is 108 cm³/mol. The van der Waals surface area contributed by atoms with Crippen LogP contribution in [0, 0.1) is 5.82 Å². The number of aromatic nitrogens is 2. The van der Waals surface area contributed by atoms with Crippen molar-refractivity contribution in [2.75, 3.05) is 19.7 Å². The lowest BCUT2D eigenvalue weighted by atomic mass is 10.1. The summed E-state index contributed by atoms with van der Waals surface area (Å²) in [5.41, 5.74) is 4.24. The number of carbonyl (C=O) groups is 1. The van der Waals surface area contributed by atoms with Gasteiger partial charge in [0, 0.05) is 55.0 Å². The van der Waals surface area contributed by atoms with Gasteiger partial charge in [-0.25, -0.2) is 14.9 Å². The van der Waals surface area contributed by atoms with Gasteiger partial charge in [-0.3, -0.25) is 14.9 Å². The van der Waals surface area contributed by atoms with Crippen LogP contribution in [0.15, 0.2) is 48.7 Å². The van der Waals surface area contributed by atoms with E-state index in [4.69, 9.17) is 5.21 Å². The van der Waals surface area contributed by atoms with Gasteiger partial charge in [0.1, 0.15) is 11.5 Å². The topological polar surface area (TPSA) is 101 Å². The highest BCUT2D eigenvalue weighted by Crippen LogP contribution is 2.15. The van der Waals surface area contributed by atoms with Crippen LogP contribution in [-0.4, -0.2) is 50.8 Å². The molecule has 152 valence electrons. The predicted octanol–water partition coefficient (Wildman–Crippen LogP) is 2.26. The average molecular weight is 398 g/mol. The van der Waals surface area contributed by atoms with Crippen LogP contribution in [0.1, 0.15) is 16.8 Å². The number of aliphatic hydroxyl groups is 1. The highest BCUT2D eigenvalue weighted by molar-refractivity contribution is 5.90.